The number of aromatic nitrogens is 4. The number of imidazole rings is 1. The van der Waals surface area contributed by atoms with E-state index >= 15 is 0 Å². The zero-order chi connectivity index (χ0) is 22.8. The molecule has 1 atom stereocenters. The van der Waals surface area contributed by atoms with Gasteiger partial charge in [0, 0.05) is 23.0 Å². The lowest BCUT2D eigenvalue weighted by molar-refractivity contribution is -0.122. The lowest BCUT2D eigenvalue weighted by Crippen LogP contribution is -2.29. The number of anilines is 3. The van der Waals surface area contributed by atoms with Crippen LogP contribution in [0.25, 0.3) is 11.2 Å². The molecule has 1 aliphatic carbocycles. The highest BCUT2D eigenvalue weighted by Gasteiger charge is 2.29. The molecule has 5 N–H and O–H groups in total. The molecule has 0 radical (unpaired) electrons. The average molecular weight is 478 g/mol. The van der Waals surface area contributed by atoms with Gasteiger partial charge >= 0.3 is 0 Å². The van der Waals surface area contributed by atoms with Crippen LogP contribution in [0.2, 0.25) is 10.0 Å². The van der Waals surface area contributed by atoms with Gasteiger partial charge in [-0.15, -0.1) is 0 Å². The number of amides is 1. The zero-order valence-corrected chi connectivity index (χ0v) is 19.1. The van der Waals surface area contributed by atoms with Crippen LogP contribution in [-0.4, -0.2) is 43.2 Å². The Morgan fingerprint density at radius 2 is 2.03 bits per heavy atom. The molecule has 4 rings (SSSR count). The van der Waals surface area contributed by atoms with E-state index in [1.165, 1.54) is 0 Å². The number of benzene rings is 1. The van der Waals surface area contributed by atoms with Crippen molar-refractivity contribution in [3.63, 3.8) is 0 Å². The summed E-state index contributed by atoms with van der Waals surface area (Å²) in [5.41, 5.74) is 7.46. The van der Waals surface area contributed by atoms with Crippen LogP contribution >= 0.6 is 23.2 Å². The number of primary amides is 1. The fourth-order valence-electron chi connectivity index (χ4n) is 3.99. The molecule has 1 unspecified atom stereocenters. The van der Waals surface area contributed by atoms with Gasteiger partial charge in [0.15, 0.2) is 5.65 Å². The van der Waals surface area contributed by atoms with Crippen molar-refractivity contribution in [2.75, 3.05) is 17.2 Å². The smallest absolute Gasteiger partial charge is 0.225 e. The minimum absolute atomic E-state index is 0.0420. The number of rotatable bonds is 7. The minimum atomic E-state index is -0.253. The van der Waals surface area contributed by atoms with E-state index < -0.39 is 0 Å². The number of fused-ring (bicyclic) bond motifs is 1. The SMILES string of the molecule is CC(CO)Nc1ncc2nc(Nc3ccc(Cl)cc3Cl)n(C3CCC(C(N)=O)CC3)c2n1. The van der Waals surface area contributed by atoms with E-state index in [0.29, 0.717) is 51.6 Å². The summed E-state index contributed by atoms with van der Waals surface area (Å²) in [6, 6.07) is 5.08. The van der Waals surface area contributed by atoms with Gasteiger partial charge in [0.05, 0.1) is 23.5 Å². The summed E-state index contributed by atoms with van der Waals surface area (Å²) in [6.07, 6.45) is 4.59. The monoisotopic (exact) mass is 477 g/mol. The Morgan fingerprint density at radius 1 is 1.28 bits per heavy atom. The zero-order valence-electron chi connectivity index (χ0n) is 17.6. The first-order valence-corrected chi connectivity index (χ1v) is 11.2. The van der Waals surface area contributed by atoms with Crippen molar-refractivity contribution in [3.05, 3.63) is 34.4 Å². The van der Waals surface area contributed by atoms with Crippen LogP contribution in [-0.2, 0) is 4.79 Å². The molecule has 2 aromatic heterocycles. The molecule has 3 aromatic rings. The molecule has 2 heterocycles. The average Bonchev–Trinajstić information content (AvgIpc) is 3.12. The standard InChI is InChI=1S/C21H25Cl2N7O2/c1-11(10-31)26-20-25-9-17-19(29-20)30(14-5-2-12(3-6-14)18(24)32)21(28-17)27-16-7-4-13(22)8-15(16)23/h4,7-9,11-12,14,31H,2-3,5-6,10H2,1H3,(H2,24,32)(H,27,28)(H,25,26,29). The lowest BCUT2D eigenvalue weighted by atomic mass is 9.85. The predicted octanol–water partition coefficient (Wildman–Crippen LogP) is 3.89. The molecule has 170 valence electrons. The lowest BCUT2D eigenvalue weighted by Gasteiger charge is -2.29. The van der Waals surface area contributed by atoms with Gasteiger partial charge in [0.25, 0.3) is 0 Å². The van der Waals surface area contributed by atoms with E-state index in [4.69, 9.17) is 33.9 Å². The van der Waals surface area contributed by atoms with Crippen LogP contribution in [0.4, 0.5) is 17.6 Å². The van der Waals surface area contributed by atoms with Crippen molar-refractivity contribution < 1.29 is 9.90 Å². The predicted molar refractivity (Wildman–Crippen MR) is 125 cm³/mol. The van der Waals surface area contributed by atoms with Gasteiger partial charge in [-0.25, -0.2) is 9.97 Å². The molecule has 1 saturated carbocycles. The van der Waals surface area contributed by atoms with Crippen molar-refractivity contribution in [2.45, 2.75) is 44.7 Å². The fraction of sp³-hybridized carbons (Fsp3) is 0.429. The molecule has 0 aliphatic heterocycles. The Bertz CT molecular complexity index is 1130. The van der Waals surface area contributed by atoms with Crippen LogP contribution in [0.1, 0.15) is 38.6 Å². The highest BCUT2D eigenvalue weighted by molar-refractivity contribution is 6.36. The highest BCUT2D eigenvalue weighted by atomic mass is 35.5. The van der Waals surface area contributed by atoms with E-state index in [1.807, 2.05) is 11.5 Å². The maximum Gasteiger partial charge on any atom is 0.225 e. The molecule has 1 amide bonds. The first-order valence-electron chi connectivity index (χ1n) is 10.5. The van der Waals surface area contributed by atoms with Crippen molar-refractivity contribution in [1.82, 2.24) is 19.5 Å². The van der Waals surface area contributed by atoms with E-state index in [9.17, 15) is 9.90 Å². The molecule has 0 saturated heterocycles. The summed E-state index contributed by atoms with van der Waals surface area (Å²) in [5, 5.41) is 16.7. The fourth-order valence-corrected chi connectivity index (χ4v) is 4.45. The minimum Gasteiger partial charge on any atom is -0.394 e. The van der Waals surface area contributed by atoms with Crippen molar-refractivity contribution >= 4 is 57.9 Å². The maximum atomic E-state index is 11.6. The van der Waals surface area contributed by atoms with Gasteiger partial charge in [-0.05, 0) is 50.8 Å². The molecular formula is C21H25Cl2N7O2. The third kappa shape index (κ3) is 4.74. The number of halogens is 2. The highest BCUT2D eigenvalue weighted by Crippen LogP contribution is 2.38. The van der Waals surface area contributed by atoms with Gasteiger partial charge in [-0.2, -0.15) is 4.98 Å². The molecule has 0 spiro atoms. The van der Waals surface area contributed by atoms with Crippen LogP contribution in [0.3, 0.4) is 0 Å². The summed E-state index contributed by atoms with van der Waals surface area (Å²) in [7, 11) is 0. The molecule has 0 bridgehead atoms. The molecule has 1 fully saturated rings. The first-order chi connectivity index (χ1) is 15.4. The second-order valence-corrected chi connectivity index (χ2v) is 8.94. The molecular weight excluding hydrogens is 453 g/mol. The molecule has 1 aliphatic rings. The number of hydrogen-bond donors (Lipinski definition) is 4. The number of nitrogens with one attached hydrogen (secondary N) is 2. The molecule has 32 heavy (non-hydrogen) atoms. The maximum absolute atomic E-state index is 11.6. The van der Waals surface area contributed by atoms with Crippen LogP contribution < -0.4 is 16.4 Å². The van der Waals surface area contributed by atoms with Gasteiger partial charge in [0.2, 0.25) is 17.8 Å². The molecule has 1 aromatic carbocycles. The Hall–Kier alpha value is -2.62. The third-order valence-electron chi connectivity index (χ3n) is 5.72. The van der Waals surface area contributed by atoms with Gasteiger partial charge in [-0.3, -0.25) is 9.36 Å². The number of aliphatic hydroxyl groups is 1. The second kappa shape index (κ2) is 9.48. The number of nitrogens with zero attached hydrogens (tertiary/aromatic N) is 4. The van der Waals surface area contributed by atoms with E-state index in [0.717, 1.165) is 12.8 Å². The Balaban J connectivity index is 1.74. The second-order valence-electron chi connectivity index (χ2n) is 8.09. The van der Waals surface area contributed by atoms with E-state index in [1.54, 1.807) is 24.4 Å². The van der Waals surface area contributed by atoms with Gasteiger partial charge < -0.3 is 21.5 Å². The summed E-state index contributed by atoms with van der Waals surface area (Å²) >= 11 is 12.4. The summed E-state index contributed by atoms with van der Waals surface area (Å²) < 4.78 is 2.04. The van der Waals surface area contributed by atoms with Gasteiger partial charge in [-0.1, -0.05) is 23.2 Å². The van der Waals surface area contributed by atoms with E-state index in [-0.39, 0.29) is 30.5 Å². The quantitative estimate of drug-likeness (QED) is 0.405. The normalized spacial score (nSPS) is 19.6. The number of carbonyl (C=O) groups is 1. The van der Waals surface area contributed by atoms with Crippen molar-refractivity contribution in [3.8, 4) is 0 Å². The number of aliphatic hydroxyl groups excluding tert-OH is 1. The third-order valence-corrected chi connectivity index (χ3v) is 6.27. The Labute approximate surface area is 195 Å². The number of carbonyl (C=O) groups excluding carboxylic acids is 1. The Kier molecular flexibility index (Phi) is 6.68. The first kappa shape index (κ1) is 22.6. The Morgan fingerprint density at radius 3 is 2.69 bits per heavy atom. The largest absolute Gasteiger partial charge is 0.394 e. The summed E-state index contributed by atoms with van der Waals surface area (Å²) in [5.74, 6) is 0.618. The van der Waals surface area contributed by atoms with Gasteiger partial charge in [0.1, 0.15) is 5.52 Å². The van der Waals surface area contributed by atoms with Crippen molar-refractivity contribution in [1.29, 1.82) is 0 Å². The van der Waals surface area contributed by atoms with E-state index in [2.05, 4.69) is 20.6 Å². The number of nitrogens with two attached hydrogens (primary N) is 1. The van der Waals surface area contributed by atoms with Crippen molar-refractivity contribution in [2.24, 2.45) is 11.7 Å². The summed E-state index contributed by atoms with van der Waals surface area (Å²) in [6.45, 7) is 1.80. The van der Waals surface area contributed by atoms with Crippen LogP contribution in [0.5, 0.6) is 0 Å². The van der Waals surface area contributed by atoms with Crippen LogP contribution in [0.15, 0.2) is 24.4 Å². The van der Waals surface area contributed by atoms with Crippen LogP contribution in [0, 0.1) is 5.92 Å². The molecule has 9 nitrogen and oxygen atoms in total. The topological polar surface area (TPSA) is 131 Å². The summed E-state index contributed by atoms with van der Waals surface area (Å²) in [4.78, 5) is 25.3. The molecule has 11 heteroatoms. The number of hydrogen-bond acceptors (Lipinski definition) is 7.